The second-order valence-corrected chi connectivity index (χ2v) is 17.5. The predicted octanol–water partition coefficient (Wildman–Crippen LogP) is 17.5. The fraction of sp³-hybridized carbons (Fsp3) is 0. The van der Waals surface area contributed by atoms with Crippen molar-refractivity contribution >= 4 is 86.7 Å². The maximum Gasteiger partial charge on any atom is 0.0619 e. The molecule has 0 atom stereocenters. The number of fused-ring (bicyclic) bond motifs is 10. The summed E-state index contributed by atoms with van der Waals surface area (Å²) in [5.74, 6) is 0. The maximum absolute atomic E-state index is 2.51. The first-order valence-electron chi connectivity index (χ1n) is 22.9. The largest absolute Gasteiger partial charge is 0.309 e. The summed E-state index contributed by atoms with van der Waals surface area (Å²) in [7, 11) is 0. The van der Waals surface area contributed by atoms with Gasteiger partial charge in [-0.3, -0.25) is 0 Å². The van der Waals surface area contributed by atoms with Crippen molar-refractivity contribution in [1.29, 1.82) is 0 Å². The lowest BCUT2D eigenvalue weighted by Crippen LogP contribution is -1.97. The van der Waals surface area contributed by atoms with Crippen molar-refractivity contribution < 1.29 is 0 Å². The summed E-state index contributed by atoms with van der Waals surface area (Å²) in [6, 6.07) is 89.8. The van der Waals surface area contributed by atoms with Crippen LogP contribution in [0.25, 0.3) is 131 Å². The zero-order chi connectivity index (χ0) is 43.3. The van der Waals surface area contributed by atoms with E-state index in [1.165, 1.54) is 120 Å². The van der Waals surface area contributed by atoms with E-state index >= 15 is 0 Å². The Morgan fingerprint density at radius 2 is 0.561 bits per heavy atom. The van der Waals surface area contributed by atoms with E-state index in [0.29, 0.717) is 0 Å². The zero-order valence-corrected chi connectivity index (χ0v) is 36.0. The zero-order valence-electron chi connectivity index (χ0n) is 36.0. The van der Waals surface area contributed by atoms with Crippen LogP contribution in [0.4, 0.5) is 0 Å². The van der Waals surface area contributed by atoms with Gasteiger partial charge in [-0.1, -0.05) is 194 Å². The van der Waals surface area contributed by atoms with Gasteiger partial charge in [-0.2, -0.15) is 0 Å². The predicted molar refractivity (Wildman–Crippen MR) is 281 cm³/mol. The quantitative estimate of drug-likeness (QED) is 0.153. The monoisotopic (exact) mass is 836 g/mol. The van der Waals surface area contributed by atoms with Gasteiger partial charge in [-0.05, 0) is 114 Å². The van der Waals surface area contributed by atoms with Crippen LogP contribution in [-0.4, -0.2) is 9.13 Å². The lowest BCUT2D eigenvalue weighted by molar-refractivity contribution is 1.18. The molecule has 0 aliphatic rings. The molecule has 2 heterocycles. The van der Waals surface area contributed by atoms with Crippen molar-refractivity contribution in [3.05, 3.63) is 243 Å². The molecule has 0 saturated carbocycles. The third-order valence-corrected chi connectivity index (χ3v) is 14.1. The van der Waals surface area contributed by atoms with Crippen LogP contribution in [0.5, 0.6) is 0 Å². The van der Waals surface area contributed by atoms with Crippen molar-refractivity contribution in [2.45, 2.75) is 0 Å². The first-order valence-corrected chi connectivity index (χ1v) is 22.9. The van der Waals surface area contributed by atoms with E-state index in [4.69, 9.17) is 0 Å². The molecule has 0 aliphatic carbocycles. The molecule has 0 saturated heterocycles. The smallest absolute Gasteiger partial charge is 0.0619 e. The third-order valence-electron chi connectivity index (χ3n) is 14.1. The summed E-state index contributed by atoms with van der Waals surface area (Å²) in [5.41, 5.74) is 14.4. The van der Waals surface area contributed by atoms with Crippen LogP contribution >= 0.6 is 0 Å². The fourth-order valence-corrected chi connectivity index (χ4v) is 11.4. The molecule has 66 heavy (non-hydrogen) atoms. The second kappa shape index (κ2) is 14.4. The Balaban J connectivity index is 1.18. The molecule has 0 radical (unpaired) electrons. The van der Waals surface area contributed by atoms with Crippen molar-refractivity contribution in [3.63, 3.8) is 0 Å². The average molecular weight is 837 g/mol. The number of para-hydroxylation sites is 6. The van der Waals surface area contributed by atoms with Crippen molar-refractivity contribution in [2.24, 2.45) is 0 Å². The van der Waals surface area contributed by atoms with Gasteiger partial charge in [0.2, 0.25) is 0 Å². The molecule has 2 nitrogen and oxygen atoms in total. The van der Waals surface area contributed by atoms with Crippen LogP contribution in [0.1, 0.15) is 0 Å². The lowest BCUT2D eigenvalue weighted by atomic mass is 9.83. The van der Waals surface area contributed by atoms with Crippen molar-refractivity contribution in [1.82, 2.24) is 9.13 Å². The molecule has 0 aliphatic heterocycles. The summed E-state index contributed by atoms with van der Waals surface area (Å²) in [5, 5.41) is 14.8. The number of aromatic nitrogens is 2. The second-order valence-electron chi connectivity index (χ2n) is 17.5. The summed E-state index contributed by atoms with van der Waals surface area (Å²) in [6.07, 6.45) is 0. The summed E-state index contributed by atoms with van der Waals surface area (Å²) >= 11 is 0. The van der Waals surface area contributed by atoms with Crippen LogP contribution in [0, 0.1) is 0 Å². The highest BCUT2D eigenvalue weighted by molar-refractivity contribution is 6.28. The highest BCUT2D eigenvalue weighted by atomic mass is 15.0. The van der Waals surface area contributed by atoms with Crippen LogP contribution in [-0.2, 0) is 0 Å². The van der Waals surface area contributed by atoms with Gasteiger partial charge in [0.05, 0.1) is 22.1 Å². The van der Waals surface area contributed by atoms with Gasteiger partial charge < -0.3 is 9.13 Å². The van der Waals surface area contributed by atoms with Crippen LogP contribution < -0.4 is 0 Å². The van der Waals surface area contributed by atoms with E-state index in [0.717, 1.165) is 11.4 Å². The summed E-state index contributed by atoms with van der Waals surface area (Å²) < 4.78 is 4.93. The van der Waals surface area contributed by atoms with E-state index in [-0.39, 0.29) is 0 Å². The Bertz CT molecular complexity index is 4000. The number of nitrogens with zero attached hydrogens (tertiary/aromatic N) is 2. The Kier molecular flexibility index (Phi) is 8.02. The molecule has 0 N–H and O–H groups in total. The Morgan fingerprint density at radius 3 is 1.03 bits per heavy atom. The van der Waals surface area contributed by atoms with Gasteiger partial charge >= 0.3 is 0 Å². The average Bonchev–Trinajstić information content (AvgIpc) is 3.91. The SMILES string of the molecule is c1ccc(-n2c3ccccc3c3cccc(-c4cccc5c(-c6c7ccccc7cc7ccccc67)c6cccc(-c7cccc8c9ccccc9n(-c9ccccc9)c78)c6cc45)c32)cc1. The van der Waals surface area contributed by atoms with Crippen LogP contribution in [0.3, 0.4) is 0 Å². The molecule has 2 aromatic heterocycles. The third kappa shape index (κ3) is 5.30. The Morgan fingerprint density at radius 1 is 0.212 bits per heavy atom. The first-order chi connectivity index (χ1) is 32.8. The molecular formula is C64H40N2. The molecule has 14 aromatic rings. The molecule has 0 amide bonds. The summed E-state index contributed by atoms with van der Waals surface area (Å²) in [6.45, 7) is 0. The van der Waals surface area contributed by atoms with Crippen molar-refractivity contribution in [3.8, 4) is 44.8 Å². The van der Waals surface area contributed by atoms with E-state index < -0.39 is 0 Å². The van der Waals surface area contributed by atoms with Gasteiger partial charge in [-0.25, -0.2) is 0 Å². The molecule has 14 rings (SSSR count). The molecule has 0 unspecified atom stereocenters. The Hall–Kier alpha value is -8.72. The van der Waals surface area contributed by atoms with Gasteiger partial charge in [0.15, 0.2) is 0 Å². The maximum atomic E-state index is 2.51. The van der Waals surface area contributed by atoms with Gasteiger partial charge in [0, 0.05) is 44.0 Å². The number of benzene rings is 12. The fourth-order valence-electron chi connectivity index (χ4n) is 11.4. The molecule has 0 fully saturated rings. The minimum atomic E-state index is 1.15. The molecule has 2 heteroatoms. The summed E-state index contributed by atoms with van der Waals surface area (Å²) in [4.78, 5) is 0. The van der Waals surface area contributed by atoms with E-state index in [9.17, 15) is 0 Å². The minimum Gasteiger partial charge on any atom is -0.309 e. The normalized spacial score (nSPS) is 11.9. The minimum absolute atomic E-state index is 1.15. The lowest BCUT2D eigenvalue weighted by Gasteiger charge is -2.21. The highest BCUT2D eigenvalue weighted by Crippen LogP contribution is 2.50. The van der Waals surface area contributed by atoms with E-state index in [2.05, 4.69) is 252 Å². The standard InChI is InChI=1S/C64H40N2/c1-3-21-43(22-4-1)65-59-37-13-11-27-49(59)55-35-17-33-53(63(55)65)47-29-15-31-51-57(47)40-58-48(54-34-18-36-56-50-28-12-14-38-60(50)66(64(54)56)44-23-5-2-6-24-44)30-16-32-52(58)62(51)61-45-25-9-7-19-41(45)39-42-20-8-10-26-46(42)61/h1-40H. The van der Waals surface area contributed by atoms with Gasteiger partial charge in [-0.15, -0.1) is 0 Å². The number of hydrogen-bond acceptors (Lipinski definition) is 0. The van der Waals surface area contributed by atoms with Crippen LogP contribution in [0.2, 0.25) is 0 Å². The van der Waals surface area contributed by atoms with E-state index in [1.54, 1.807) is 0 Å². The highest BCUT2D eigenvalue weighted by Gasteiger charge is 2.24. The molecule has 0 bridgehead atoms. The molecule has 12 aromatic carbocycles. The van der Waals surface area contributed by atoms with Gasteiger partial charge in [0.25, 0.3) is 0 Å². The number of hydrogen-bond donors (Lipinski definition) is 0. The van der Waals surface area contributed by atoms with E-state index in [1.807, 2.05) is 0 Å². The molecule has 306 valence electrons. The first kappa shape index (κ1) is 36.7. The molecule has 0 spiro atoms. The van der Waals surface area contributed by atoms with Crippen LogP contribution in [0.15, 0.2) is 243 Å². The van der Waals surface area contributed by atoms with Gasteiger partial charge in [0.1, 0.15) is 0 Å². The molecular weight excluding hydrogens is 797 g/mol. The number of rotatable bonds is 5. The topological polar surface area (TPSA) is 9.86 Å². The Labute approximate surface area is 381 Å². The van der Waals surface area contributed by atoms with Crippen molar-refractivity contribution in [2.75, 3.05) is 0 Å².